The van der Waals surface area contributed by atoms with Crippen LogP contribution >= 0.6 is 0 Å². The van der Waals surface area contributed by atoms with Crippen molar-refractivity contribution in [3.63, 3.8) is 0 Å². The maximum Gasteiger partial charge on any atom is 0.228 e. The molecule has 0 amide bonds. The van der Waals surface area contributed by atoms with Gasteiger partial charge in [-0.2, -0.15) is 0 Å². The fourth-order valence-electron chi connectivity index (χ4n) is 8.33. The van der Waals surface area contributed by atoms with E-state index in [-0.39, 0.29) is 0 Å². The van der Waals surface area contributed by atoms with Crippen LogP contribution in [0.5, 0.6) is 0 Å². The predicted octanol–water partition coefficient (Wildman–Crippen LogP) is 14.0. The van der Waals surface area contributed by atoms with Crippen LogP contribution in [0.25, 0.3) is 82.7 Å². The van der Waals surface area contributed by atoms with Crippen LogP contribution in [-0.4, -0.2) is 9.55 Å². The molecule has 0 saturated heterocycles. The Bertz CT molecular complexity index is 3210. The molecule has 9 aromatic carbocycles. The molecule has 2 heterocycles. The average molecular weight is 704 g/mol. The van der Waals surface area contributed by atoms with Crippen molar-refractivity contribution in [1.29, 1.82) is 0 Å². The van der Waals surface area contributed by atoms with Gasteiger partial charge in [-0.1, -0.05) is 146 Å². The Morgan fingerprint density at radius 1 is 0.473 bits per heavy atom. The molecule has 0 aliphatic heterocycles. The van der Waals surface area contributed by atoms with Gasteiger partial charge >= 0.3 is 0 Å². The topological polar surface area (TPSA) is 34.2 Å². The highest BCUT2D eigenvalue weighted by Gasteiger charge is 2.26. The van der Waals surface area contributed by atoms with Gasteiger partial charge in [0, 0.05) is 33.1 Å². The molecule has 0 bridgehead atoms. The van der Waals surface area contributed by atoms with E-state index < -0.39 is 0 Å². The summed E-state index contributed by atoms with van der Waals surface area (Å²) in [7, 11) is 0. The van der Waals surface area contributed by atoms with Crippen LogP contribution in [0.2, 0.25) is 0 Å². The monoisotopic (exact) mass is 703 g/mol. The van der Waals surface area contributed by atoms with Crippen molar-refractivity contribution < 1.29 is 4.42 Å². The lowest BCUT2D eigenvalue weighted by molar-refractivity contribution is 0.621. The third-order valence-electron chi connectivity index (χ3n) is 10.8. The maximum absolute atomic E-state index is 6.94. The highest BCUT2D eigenvalue weighted by Crippen LogP contribution is 2.49. The summed E-state index contributed by atoms with van der Waals surface area (Å²) in [5.74, 6) is 0.599. The smallest absolute Gasteiger partial charge is 0.228 e. The number of hydrogen-bond donors (Lipinski definition) is 0. The zero-order chi connectivity index (χ0) is 36.3. The van der Waals surface area contributed by atoms with Gasteiger partial charge in [-0.3, -0.25) is 0 Å². The fourth-order valence-corrected chi connectivity index (χ4v) is 8.33. The minimum Gasteiger partial charge on any atom is -0.434 e. The summed E-state index contributed by atoms with van der Waals surface area (Å²) < 4.78 is 9.36. The summed E-state index contributed by atoms with van der Waals surface area (Å²) in [6, 6.07) is 70.9. The van der Waals surface area contributed by atoms with Crippen LogP contribution in [0, 0.1) is 0 Å². The van der Waals surface area contributed by atoms with Crippen molar-refractivity contribution in [2.45, 2.75) is 0 Å². The van der Waals surface area contributed by atoms with E-state index in [0.29, 0.717) is 5.89 Å². The van der Waals surface area contributed by atoms with Crippen LogP contribution in [0.1, 0.15) is 0 Å². The van der Waals surface area contributed by atoms with E-state index in [0.717, 1.165) is 83.1 Å². The standard InChI is InChI=1S/C51H33N3O/c1-3-16-34(17-4-1)36-21-13-24-39(32-36)53(46-31-15-29-44-50(46)55-51(52-44)42-28-14-20-35-18-7-9-25-40(35)42)47-33-37-19-8-10-26-41(37)49-48(47)43-27-11-12-30-45(43)54(49)38-22-5-2-6-23-38/h1-33H. The summed E-state index contributed by atoms with van der Waals surface area (Å²) in [6.45, 7) is 0. The first-order valence-electron chi connectivity index (χ1n) is 18.6. The van der Waals surface area contributed by atoms with Crippen molar-refractivity contribution in [3.8, 4) is 28.3 Å². The molecule has 258 valence electrons. The predicted molar refractivity (Wildman–Crippen MR) is 229 cm³/mol. The summed E-state index contributed by atoms with van der Waals surface area (Å²) in [5, 5.41) is 6.93. The van der Waals surface area contributed by atoms with Gasteiger partial charge in [-0.15, -0.1) is 0 Å². The maximum atomic E-state index is 6.94. The molecular weight excluding hydrogens is 671 g/mol. The van der Waals surface area contributed by atoms with Gasteiger partial charge in [0.15, 0.2) is 5.58 Å². The lowest BCUT2D eigenvalue weighted by Crippen LogP contribution is -2.11. The molecule has 4 heteroatoms. The minimum atomic E-state index is 0.599. The number of rotatable bonds is 6. The Labute approximate surface area is 317 Å². The van der Waals surface area contributed by atoms with Gasteiger partial charge in [-0.05, 0) is 81.9 Å². The molecule has 0 saturated carbocycles. The third kappa shape index (κ3) is 5.03. The van der Waals surface area contributed by atoms with Crippen LogP contribution in [0.4, 0.5) is 17.1 Å². The molecule has 0 radical (unpaired) electrons. The van der Waals surface area contributed by atoms with Crippen molar-refractivity contribution in [3.05, 3.63) is 200 Å². The average Bonchev–Trinajstić information content (AvgIpc) is 3.85. The van der Waals surface area contributed by atoms with E-state index >= 15 is 0 Å². The van der Waals surface area contributed by atoms with Gasteiger partial charge in [0.05, 0.1) is 22.4 Å². The molecule has 0 N–H and O–H groups in total. The lowest BCUT2D eigenvalue weighted by Gasteiger charge is -2.27. The third-order valence-corrected chi connectivity index (χ3v) is 10.8. The van der Waals surface area contributed by atoms with Gasteiger partial charge in [0.1, 0.15) is 5.52 Å². The number of hydrogen-bond acceptors (Lipinski definition) is 3. The normalized spacial score (nSPS) is 11.6. The summed E-state index contributed by atoms with van der Waals surface area (Å²) in [6.07, 6.45) is 0. The van der Waals surface area contributed by atoms with Gasteiger partial charge in [-0.25, -0.2) is 4.98 Å². The SMILES string of the molecule is c1ccc(-c2cccc(N(c3cccc4nc(-c5cccc6ccccc56)oc34)c3cc4ccccc4c4c3c3ccccc3n4-c3ccccc3)c2)cc1. The second-order valence-corrected chi connectivity index (χ2v) is 14.0. The molecule has 0 spiro atoms. The lowest BCUT2D eigenvalue weighted by atomic mass is 10.0. The first kappa shape index (κ1) is 31.1. The molecular formula is C51H33N3O. The first-order chi connectivity index (χ1) is 27.3. The number of benzene rings is 9. The van der Waals surface area contributed by atoms with Gasteiger partial charge in [0.25, 0.3) is 0 Å². The van der Waals surface area contributed by atoms with Crippen LogP contribution in [0.15, 0.2) is 205 Å². The number of anilines is 3. The molecule has 0 aliphatic rings. The second-order valence-electron chi connectivity index (χ2n) is 14.0. The van der Waals surface area contributed by atoms with E-state index in [4.69, 9.17) is 9.40 Å². The molecule has 11 rings (SSSR count). The van der Waals surface area contributed by atoms with E-state index in [1.54, 1.807) is 0 Å². The molecule has 0 fully saturated rings. The molecule has 0 aliphatic carbocycles. The fraction of sp³-hybridized carbons (Fsp3) is 0. The van der Waals surface area contributed by atoms with Crippen molar-refractivity contribution in [1.82, 2.24) is 9.55 Å². The van der Waals surface area contributed by atoms with Crippen molar-refractivity contribution in [2.75, 3.05) is 4.90 Å². The molecule has 0 unspecified atom stereocenters. The second kappa shape index (κ2) is 12.6. The van der Waals surface area contributed by atoms with E-state index in [9.17, 15) is 0 Å². The van der Waals surface area contributed by atoms with E-state index in [1.165, 1.54) is 10.8 Å². The Morgan fingerprint density at radius 3 is 1.98 bits per heavy atom. The Morgan fingerprint density at radius 2 is 1.13 bits per heavy atom. The quantitative estimate of drug-likeness (QED) is 0.173. The number of nitrogens with zero attached hydrogens (tertiary/aromatic N) is 3. The number of aromatic nitrogens is 2. The highest BCUT2D eigenvalue weighted by atomic mass is 16.3. The molecule has 2 aromatic heterocycles. The number of fused-ring (bicyclic) bond motifs is 7. The molecule has 11 aromatic rings. The Kier molecular flexibility index (Phi) is 7.14. The Balaban J connectivity index is 1.26. The summed E-state index contributed by atoms with van der Waals surface area (Å²) in [5.41, 5.74) is 11.2. The van der Waals surface area contributed by atoms with Crippen LogP contribution in [-0.2, 0) is 0 Å². The largest absolute Gasteiger partial charge is 0.434 e. The zero-order valence-electron chi connectivity index (χ0n) is 29.8. The number of oxazole rings is 1. The molecule has 4 nitrogen and oxygen atoms in total. The van der Waals surface area contributed by atoms with Gasteiger partial charge in [0.2, 0.25) is 5.89 Å². The summed E-state index contributed by atoms with van der Waals surface area (Å²) in [4.78, 5) is 7.52. The van der Waals surface area contributed by atoms with Gasteiger partial charge < -0.3 is 13.9 Å². The van der Waals surface area contributed by atoms with E-state index in [1.807, 2.05) is 6.07 Å². The zero-order valence-corrected chi connectivity index (χ0v) is 29.8. The van der Waals surface area contributed by atoms with Crippen molar-refractivity contribution >= 4 is 71.5 Å². The summed E-state index contributed by atoms with van der Waals surface area (Å²) >= 11 is 0. The van der Waals surface area contributed by atoms with Crippen LogP contribution < -0.4 is 4.90 Å². The van der Waals surface area contributed by atoms with Crippen LogP contribution in [0.3, 0.4) is 0 Å². The number of para-hydroxylation sites is 3. The minimum absolute atomic E-state index is 0.599. The first-order valence-corrected chi connectivity index (χ1v) is 18.6. The molecule has 55 heavy (non-hydrogen) atoms. The van der Waals surface area contributed by atoms with E-state index in [2.05, 4.69) is 204 Å². The Hall–Kier alpha value is -7.43. The highest BCUT2D eigenvalue weighted by molar-refractivity contribution is 6.25. The van der Waals surface area contributed by atoms with Crippen molar-refractivity contribution in [2.24, 2.45) is 0 Å². The molecule has 0 atom stereocenters.